The molecule has 1 atom stereocenters. The highest BCUT2D eigenvalue weighted by Gasteiger charge is 2.26. The maximum atomic E-state index is 12.8. The van der Waals surface area contributed by atoms with Crippen molar-refractivity contribution in [3.8, 4) is 6.07 Å². The smallest absolute Gasteiger partial charge is 0.349 e. The Kier molecular flexibility index (Phi) is 6.93. The largest absolute Gasteiger partial charge is 0.448 e. The number of esters is 1. The fraction of sp³-hybridized carbons (Fsp3) is 0.350. The van der Waals surface area contributed by atoms with Gasteiger partial charge >= 0.3 is 5.97 Å². The number of ether oxygens (including phenoxy) is 1. The number of thiophene rings is 1. The molecular weight excluding hydrogens is 348 g/mol. The summed E-state index contributed by atoms with van der Waals surface area (Å²) in [6, 6.07) is 12.9. The molecule has 0 aliphatic rings. The van der Waals surface area contributed by atoms with Gasteiger partial charge in [0, 0.05) is 17.1 Å². The van der Waals surface area contributed by atoms with Crippen molar-refractivity contribution in [3.63, 3.8) is 0 Å². The van der Waals surface area contributed by atoms with Gasteiger partial charge in [-0.05, 0) is 44.0 Å². The Bertz CT molecular complexity index is 808. The molecule has 0 bridgehead atoms. The van der Waals surface area contributed by atoms with Gasteiger partial charge in [-0.1, -0.05) is 25.1 Å². The summed E-state index contributed by atoms with van der Waals surface area (Å²) in [4.78, 5) is 28.2. The molecule has 0 aliphatic carbocycles. The number of anilines is 1. The zero-order valence-corrected chi connectivity index (χ0v) is 16.0. The maximum absolute atomic E-state index is 12.8. The molecule has 1 aromatic heterocycles. The molecule has 0 fully saturated rings. The van der Waals surface area contributed by atoms with Crippen molar-refractivity contribution >= 4 is 28.9 Å². The van der Waals surface area contributed by atoms with E-state index < -0.39 is 12.1 Å². The minimum Gasteiger partial charge on any atom is -0.448 e. The number of carbonyl (C=O) groups is 2. The third-order valence-corrected chi connectivity index (χ3v) is 5.09. The molecule has 26 heavy (non-hydrogen) atoms. The van der Waals surface area contributed by atoms with Crippen LogP contribution in [0.3, 0.4) is 0 Å². The summed E-state index contributed by atoms with van der Waals surface area (Å²) in [5.41, 5.74) is 1.79. The first kappa shape index (κ1) is 19.7. The Morgan fingerprint density at radius 1 is 1.31 bits per heavy atom. The zero-order chi connectivity index (χ0) is 19.1. The van der Waals surface area contributed by atoms with Crippen molar-refractivity contribution in [2.75, 3.05) is 11.4 Å². The Hall–Kier alpha value is -2.65. The highest BCUT2D eigenvalue weighted by Crippen LogP contribution is 2.23. The van der Waals surface area contributed by atoms with Crippen LogP contribution in [0.15, 0.2) is 36.4 Å². The summed E-state index contributed by atoms with van der Waals surface area (Å²) in [6.45, 7) is 5.81. The number of amides is 1. The van der Waals surface area contributed by atoms with Gasteiger partial charge in [-0.15, -0.1) is 11.3 Å². The first-order chi connectivity index (χ1) is 12.5. The van der Waals surface area contributed by atoms with E-state index in [2.05, 4.69) is 0 Å². The molecule has 1 heterocycles. The lowest BCUT2D eigenvalue weighted by Crippen LogP contribution is -2.40. The molecular formula is C20H22N2O3S. The van der Waals surface area contributed by atoms with E-state index in [1.165, 1.54) is 16.2 Å². The lowest BCUT2D eigenvalue weighted by molar-refractivity contribution is -0.126. The number of nitrogens with zero attached hydrogens (tertiary/aromatic N) is 2. The van der Waals surface area contributed by atoms with Crippen LogP contribution in [0.1, 0.15) is 40.4 Å². The fourth-order valence-electron chi connectivity index (χ4n) is 2.60. The second-order valence-electron chi connectivity index (χ2n) is 5.83. The third kappa shape index (κ3) is 4.70. The number of aryl methyl sites for hydroxylation is 2. The minimum absolute atomic E-state index is 0.200. The Labute approximate surface area is 157 Å². The van der Waals surface area contributed by atoms with E-state index >= 15 is 0 Å². The highest BCUT2D eigenvalue weighted by atomic mass is 32.1. The van der Waals surface area contributed by atoms with Crippen molar-refractivity contribution in [2.24, 2.45) is 0 Å². The molecule has 2 rings (SSSR count). The molecule has 1 aromatic carbocycles. The van der Waals surface area contributed by atoms with Gasteiger partial charge in [-0.2, -0.15) is 5.26 Å². The van der Waals surface area contributed by atoms with Crippen LogP contribution in [0.2, 0.25) is 0 Å². The molecule has 0 saturated carbocycles. The summed E-state index contributed by atoms with van der Waals surface area (Å²) < 4.78 is 5.39. The molecule has 136 valence electrons. The lowest BCUT2D eigenvalue weighted by atomic mass is 10.2. The van der Waals surface area contributed by atoms with Crippen LogP contribution in [0.4, 0.5) is 5.69 Å². The van der Waals surface area contributed by atoms with Gasteiger partial charge < -0.3 is 9.64 Å². The van der Waals surface area contributed by atoms with Crippen molar-refractivity contribution in [1.82, 2.24) is 0 Å². The average molecular weight is 370 g/mol. The van der Waals surface area contributed by atoms with Crippen molar-refractivity contribution in [2.45, 2.75) is 39.7 Å². The molecule has 0 unspecified atom stereocenters. The van der Waals surface area contributed by atoms with Gasteiger partial charge in [0.05, 0.1) is 12.5 Å². The van der Waals surface area contributed by atoms with Gasteiger partial charge in [-0.25, -0.2) is 4.79 Å². The summed E-state index contributed by atoms with van der Waals surface area (Å²) in [7, 11) is 0. The lowest BCUT2D eigenvalue weighted by Gasteiger charge is -2.25. The number of carbonyl (C=O) groups excluding carboxylic acids is 2. The highest BCUT2D eigenvalue weighted by molar-refractivity contribution is 7.14. The molecule has 0 saturated heterocycles. The van der Waals surface area contributed by atoms with E-state index in [-0.39, 0.29) is 18.9 Å². The van der Waals surface area contributed by atoms with Crippen LogP contribution in [0.25, 0.3) is 0 Å². The normalized spacial score (nSPS) is 11.5. The number of hydrogen-bond acceptors (Lipinski definition) is 5. The van der Waals surface area contributed by atoms with Crippen LogP contribution in [-0.2, 0) is 16.0 Å². The molecule has 0 aliphatic heterocycles. The standard InChI is InChI=1S/C20H22N2O3S/c1-4-16-13-18(26-15(16)3)20(24)25-14(2)19(23)22(12-8-11-21)17-9-6-5-7-10-17/h5-7,9-10,13-14H,4,8,12H2,1-3H3/t14-/m0/s1. The topological polar surface area (TPSA) is 70.4 Å². The zero-order valence-electron chi connectivity index (χ0n) is 15.2. The summed E-state index contributed by atoms with van der Waals surface area (Å²) in [5.74, 6) is -0.837. The first-order valence-corrected chi connectivity index (χ1v) is 9.33. The summed E-state index contributed by atoms with van der Waals surface area (Å²) in [5, 5.41) is 8.86. The van der Waals surface area contributed by atoms with Crippen LogP contribution in [-0.4, -0.2) is 24.5 Å². The number of benzene rings is 1. The third-order valence-electron chi connectivity index (χ3n) is 4.02. The summed E-state index contributed by atoms with van der Waals surface area (Å²) >= 11 is 1.38. The van der Waals surface area contributed by atoms with Crippen LogP contribution in [0, 0.1) is 18.3 Å². The predicted octanol–water partition coefficient (Wildman–Crippen LogP) is 4.11. The van der Waals surface area contributed by atoms with E-state index in [0.717, 1.165) is 16.9 Å². The van der Waals surface area contributed by atoms with Crippen molar-refractivity contribution in [1.29, 1.82) is 5.26 Å². The second-order valence-corrected chi connectivity index (χ2v) is 7.08. The van der Waals surface area contributed by atoms with E-state index in [4.69, 9.17) is 10.00 Å². The van der Waals surface area contributed by atoms with Crippen LogP contribution >= 0.6 is 11.3 Å². The monoisotopic (exact) mass is 370 g/mol. The predicted molar refractivity (Wildman–Crippen MR) is 102 cm³/mol. The number of hydrogen-bond donors (Lipinski definition) is 0. The molecule has 5 nitrogen and oxygen atoms in total. The molecule has 0 spiro atoms. The van der Waals surface area contributed by atoms with Gasteiger partial charge in [0.15, 0.2) is 6.10 Å². The van der Waals surface area contributed by atoms with Crippen LogP contribution < -0.4 is 4.90 Å². The average Bonchev–Trinajstić information content (AvgIpc) is 3.03. The maximum Gasteiger partial charge on any atom is 0.349 e. The minimum atomic E-state index is -0.936. The van der Waals surface area contributed by atoms with Crippen LogP contribution in [0.5, 0.6) is 0 Å². The molecule has 6 heteroatoms. The molecule has 1 amide bonds. The van der Waals surface area contributed by atoms with Gasteiger partial charge in [0.25, 0.3) is 5.91 Å². The fourth-order valence-corrected chi connectivity index (χ4v) is 3.59. The quantitative estimate of drug-likeness (QED) is 0.688. The van der Waals surface area contributed by atoms with Gasteiger partial charge in [0.1, 0.15) is 4.88 Å². The van der Waals surface area contributed by atoms with E-state index in [0.29, 0.717) is 10.6 Å². The van der Waals surface area contributed by atoms with E-state index in [1.807, 2.05) is 44.2 Å². The van der Waals surface area contributed by atoms with E-state index in [1.54, 1.807) is 19.1 Å². The Morgan fingerprint density at radius 2 is 2.00 bits per heavy atom. The van der Waals surface area contributed by atoms with Gasteiger partial charge in [0.2, 0.25) is 0 Å². The summed E-state index contributed by atoms with van der Waals surface area (Å²) in [6.07, 6.45) is 0.111. The molecule has 0 radical (unpaired) electrons. The van der Waals surface area contributed by atoms with Crippen molar-refractivity contribution < 1.29 is 14.3 Å². The van der Waals surface area contributed by atoms with E-state index in [9.17, 15) is 9.59 Å². The first-order valence-electron chi connectivity index (χ1n) is 8.51. The SMILES string of the molecule is CCc1cc(C(=O)O[C@@H](C)C(=O)N(CCC#N)c2ccccc2)sc1C. The Morgan fingerprint density at radius 3 is 2.58 bits per heavy atom. The van der Waals surface area contributed by atoms with Gasteiger partial charge in [-0.3, -0.25) is 4.79 Å². The number of nitriles is 1. The number of para-hydroxylation sites is 1. The molecule has 2 aromatic rings. The molecule has 0 N–H and O–H groups in total. The second kappa shape index (κ2) is 9.16. The van der Waals surface area contributed by atoms with Crippen molar-refractivity contribution in [3.05, 3.63) is 51.7 Å². The number of rotatable bonds is 7. The Balaban J connectivity index is 2.12.